The molecule has 4 amide bonds. The maximum atomic E-state index is 12.8. The second-order valence-corrected chi connectivity index (χ2v) is 9.21. The number of hydrogen-bond acceptors (Lipinski definition) is 8. The maximum Gasteiger partial charge on any atom is 0.408 e. The summed E-state index contributed by atoms with van der Waals surface area (Å²) in [6.45, 7) is 2.51. The molecule has 0 saturated heterocycles. The van der Waals surface area contributed by atoms with Crippen LogP contribution in [0, 0.1) is 5.92 Å². The van der Waals surface area contributed by atoms with Crippen LogP contribution >= 0.6 is 0 Å². The number of guanidine groups is 1. The number of aliphatic imine (C=N–C) groups is 1. The molecule has 0 spiro atoms. The Morgan fingerprint density at radius 3 is 2.15 bits per heavy atom. The van der Waals surface area contributed by atoms with Crippen LogP contribution in [-0.4, -0.2) is 83.1 Å². The highest BCUT2D eigenvalue weighted by molar-refractivity contribution is 5.94. The molecular formula is C25H37N7O9. The van der Waals surface area contributed by atoms with Crippen molar-refractivity contribution in [3.63, 3.8) is 0 Å². The summed E-state index contributed by atoms with van der Waals surface area (Å²) in [6, 6.07) is 4.73. The van der Waals surface area contributed by atoms with E-state index in [4.69, 9.17) is 21.3 Å². The van der Waals surface area contributed by atoms with Gasteiger partial charge in [0.1, 0.15) is 24.7 Å². The van der Waals surface area contributed by atoms with E-state index in [-0.39, 0.29) is 32.0 Å². The van der Waals surface area contributed by atoms with Gasteiger partial charge in [0.2, 0.25) is 17.7 Å². The molecule has 0 bridgehead atoms. The lowest BCUT2D eigenvalue weighted by Gasteiger charge is -2.23. The van der Waals surface area contributed by atoms with E-state index in [9.17, 15) is 33.9 Å². The zero-order valence-electron chi connectivity index (χ0n) is 22.8. The largest absolute Gasteiger partial charge is 0.481 e. The van der Waals surface area contributed by atoms with Crippen LogP contribution in [0.25, 0.3) is 0 Å². The number of alkyl carbamates (subject to hydrolysis) is 1. The lowest BCUT2D eigenvalue weighted by Crippen LogP contribution is -2.55. The third kappa shape index (κ3) is 14.2. The fourth-order valence-corrected chi connectivity index (χ4v) is 3.37. The summed E-state index contributed by atoms with van der Waals surface area (Å²) in [5.74, 6) is -6.15. The van der Waals surface area contributed by atoms with E-state index in [2.05, 4.69) is 26.3 Å². The quantitative estimate of drug-likeness (QED) is 0.0606. The molecule has 0 aliphatic carbocycles. The molecule has 226 valence electrons. The Kier molecular flexibility index (Phi) is 14.7. The summed E-state index contributed by atoms with van der Waals surface area (Å²) >= 11 is 0. The van der Waals surface area contributed by atoms with Gasteiger partial charge in [-0.15, -0.1) is 0 Å². The van der Waals surface area contributed by atoms with Crippen molar-refractivity contribution in [3.8, 4) is 0 Å². The summed E-state index contributed by atoms with van der Waals surface area (Å²) in [5, 5.41) is 27.5. The zero-order valence-corrected chi connectivity index (χ0v) is 22.8. The van der Waals surface area contributed by atoms with E-state index in [0.29, 0.717) is 0 Å². The number of nitrogens with one attached hydrogen (secondary N) is 4. The van der Waals surface area contributed by atoms with Crippen LogP contribution in [0.5, 0.6) is 0 Å². The number of carbonyl (C=O) groups is 6. The van der Waals surface area contributed by atoms with E-state index in [1.165, 1.54) is 0 Å². The molecule has 10 N–H and O–H groups in total. The summed E-state index contributed by atoms with van der Waals surface area (Å²) in [6.07, 6.45) is -1.38. The van der Waals surface area contributed by atoms with Crippen molar-refractivity contribution < 1.29 is 43.7 Å². The number of nitrogens with zero attached hydrogens (tertiary/aromatic N) is 1. The van der Waals surface area contributed by atoms with Crippen molar-refractivity contribution in [2.75, 3.05) is 13.1 Å². The number of carboxylic acid groups (broad SMARTS) is 2. The first-order chi connectivity index (χ1) is 19.3. The lowest BCUT2D eigenvalue weighted by atomic mass is 10.0. The number of carboxylic acids is 2. The lowest BCUT2D eigenvalue weighted by molar-refractivity contribution is -0.144. The van der Waals surface area contributed by atoms with Gasteiger partial charge in [-0.05, 0) is 24.3 Å². The SMILES string of the molecule is CC(C)[C@H](NC(=O)[C@H](CC(=O)O)NC(=O)CNC(=O)[C@H](CCCN=C(N)N)NC(=O)OCc1ccccc1)C(=O)O. The molecule has 1 rings (SSSR count). The van der Waals surface area contributed by atoms with Crippen LogP contribution in [0.15, 0.2) is 35.3 Å². The topological polar surface area (TPSA) is 265 Å². The predicted molar refractivity (Wildman–Crippen MR) is 145 cm³/mol. The second-order valence-electron chi connectivity index (χ2n) is 9.21. The fourth-order valence-electron chi connectivity index (χ4n) is 3.37. The van der Waals surface area contributed by atoms with Gasteiger partial charge in [0.25, 0.3) is 0 Å². The third-order valence-electron chi connectivity index (χ3n) is 5.45. The summed E-state index contributed by atoms with van der Waals surface area (Å²) in [4.78, 5) is 76.5. The number of amides is 4. The highest BCUT2D eigenvalue weighted by Crippen LogP contribution is 2.05. The Labute approximate surface area is 236 Å². The van der Waals surface area contributed by atoms with Gasteiger partial charge in [-0.3, -0.25) is 24.2 Å². The van der Waals surface area contributed by atoms with Crippen LogP contribution in [0.3, 0.4) is 0 Å². The molecular weight excluding hydrogens is 542 g/mol. The van der Waals surface area contributed by atoms with Crippen LogP contribution in [-0.2, 0) is 35.3 Å². The normalized spacial score (nSPS) is 12.7. The molecule has 0 aliphatic rings. The van der Waals surface area contributed by atoms with Crippen LogP contribution in [0.2, 0.25) is 0 Å². The average Bonchev–Trinajstić information content (AvgIpc) is 2.90. The van der Waals surface area contributed by atoms with E-state index in [0.717, 1.165) is 5.56 Å². The number of aliphatic carboxylic acids is 2. The molecule has 0 unspecified atom stereocenters. The molecule has 0 heterocycles. The molecule has 0 aliphatic heterocycles. The Hall–Kier alpha value is -4.89. The Morgan fingerprint density at radius 1 is 0.927 bits per heavy atom. The Morgan fingerprint density at radius 2 is 1.59 bits per heavy atom. The standard InChI is InChI=1S/C25H37N7O9/c1-14(2)20(23(38)39)32-22(37)17(11-19(34)35)30-18(33)12-29-21(36)16(9-6-10-28-24(26)27)31-25(40)41-13-15-7-4-3-5-8-15/h3-5,7-8,14,16-17,20H,6,9-13H2,1-2H3,(H,29,36)(H,30,33)(H,31,40)(H,32,37)(H,34,35)(H,38,39)(H4,26,27,28)/t16-,17-,20-/m0/s1. The number of rotatable bonds is 17. The number of ether oxygens (including phenoxy) is 1. The van der Waals surface area contributed by atoms with Gasteiger partial charge in [-0.1, -0.05) is 44.2 Å². The van der Waals surface area contributed by atoms with Crippen LogP contribution in [0.4, 0.5) is 4.79 Å². The van der Waals surface area contributed by atoms with E-state index < -0.39 is 72.8 Å². The van der Waals surface area contributed by atoms with Crippen molar-refractivity contribution >= 4 is 41.7 Å². The first kappa shape index (κ1) is 34.1. The van der Waals surface area contributed by atoms with Crippen molar-refractivity contribution in [1.29, 1.82) is 0 Å². The molecule has 16 nitrogen and oxygen atoms in total. The van der Waals surface area contributed by atoms with Gasteiger partial charge < -0.3 is 47.7 Å². The molecule has 0 radical (unpaired) electrons. The summed E-state index contributed by atoms with van der Waals surface area (Å²) in [5.41, 5.74) is 11.3. The smallest absolute Gasteiger partial charge is 0.408 e. The van der Waals surface area contributed by atoms with E-state index >= 15 is 0 Å². The predicted octanol–water partition coefficient (Wildman–Crippen LogP) is -1.36. The maximum absolute atomic E-state index is 12.8. The van der Waals surface area contributed by atoms with Crippen molar-refractivity contribution in [3.05, 3.63) is 35.9 Å². The first-order valence-electron chi connectivity index (χ1n) is 12.6. The van der Waals surface area contributed by atoms with Crippen LogP contribution in [0.1, 0.15) is 38.7 Å². The molecule has 3 atom stereocenters. The molecule has 1 aromatic rings. The monoisotopic (exact) mass is 579 g/mol. The minimum Gasteiger partial charge on any atom is -0.481 e. The van der Waals surface area contributed by atoms with Crippen molar-refractivity contribution in [2.45, 2.75) is 57.8 Å². The molecule has 1 aromatic carbocycles. The number of benzene rings is 1. The highest BCUT2D eigenvalue weighted by Gasteiger charge is 2.30. The van der Waals surface area contributed by atoms with Gasteiger partial charge in [0.05, 0.1) is 13.0 Å². The first-order valence-corrected chi connectivity index (χ1v) is 12.6. The van der Waals surface area contributed by atoms with Crippen molar-refractivity contribution in [1.82, 2.24) is 21.3 Å². The summed E-state index contributed by atoms with van der Waals surface area (Å²) < 4.78 is 5.14. The fraction of sp³-hybridized carbons (Fsp3) is 0.480. The van der Waals surface area contributed by atoms with Gasteiger partial charge in [-0.2, -0.15) is 0 Å². The average molecular weight is 580 g/mol. The van der Waals surface area contributed by atoms with Crippen LogP contribution < -0.4 is 32.7 Å². The van der Waals surface area contributed by atoms with Gasteiger partial charge in [0.15, 0.2) is 5.96 Å². The third-order valence-corrected chi connectivity index (χ3v) is 5.45. The van der Waals surface area contributed by atoms with Crippen molar-refractivity contribution in [2.24, 2.45) is 22.4 Å². The minimum absolute atomic E-state index is 0.0516. The van der Waals surface area contributed by atoms with Gasteiger partial charge in [-0.25, -0.2) is 9.59 Å². The number of hydrogen-bond donors (Lipinski definition) is 8. The Bertz CT molecular complexity index is 1090. The molecule has 0 aromatic heterocycles. The second kappa shape index (κ2) is 17.6. The number of carbonyl (C=O) groups excluding carboxylic acids is 4. The summed E-state index contributed by atoms with van der Waals surface area (Å²) in [7, 11) is 0. The molecule has 0 saturated carbocycles. The molecule has 41 heavy (non-hydrogen) atoms. The Balaban J connectivity index is 2.80. The van der Waals surface area contributed by atoms with E-state index in [1.54, 1.807) is 44.2 Å². The minimum atomic E-state index is -1.61. The van der Waals surface area contributed by atoms with Gasteiger partial charge in [0, 0.05) is 6.54 Å². The zero-order chi connectivity index (χ0) is 30.9. The molecule has 0 fully saturated rings. The highest BCUT2D eigenvalue weighted by atomic mass is 16.5. The number of nitrogens with two attached hydrogens (primary N) is 2. The van der Waals surface area contributed by atoms with E-state index in [1.807, 2.05) is 0 Å². The molecule has 16 heteroatoms. The van der Waals surface area contributed by atoms with Gasteiger partial charge >= 0.3 is 18.0 Å².